The Balaban J connectivity index is 2.47. The second kappa shape index (κ2) is 8.20. The third kappa shape index (κ3) is 5.19. The first-order valence-corrected chi connectivity index (χ1v) is 11.2. The molecule has 0 aliphatic carbocycles. The van der Waals surface area contributed by atoms with Gasteiger partial charge >= 0.3 is 6.18 Å². The lowest BCUT2D eigenvalue weighted by Crippen LogP contribution is -2.22. The maximum absolute atomic E-state index is 12.7. The smallest absolute Gasteiger partial charge is 0.384 e. The maximum atomic E-state index is 12.7. The highest BCUT2D eigenvalue weighted by atomic mass is 32.2. The summed E-state index contributed by atoms with van der Waals surface area (Å²) in [5.41, 5.74) is -0.709. The molecule has 160 valence electrons. The van der Waals surface area contributed by atoms with Gasteiger partial charge in [0, 0.05) is 20.6 Å². The molecule has 2 aromatic rings. The van der Waals surface area contributed by atoms with Crippen LogP contribution in [0.1, 0.15) is 12.5 Å². The van der Waals surface area contributed by atoms with E-state index in [9.17, 15) is 30.0 Å². The van der Waals surface area contributed by atoms with Crippen LogP contribution in [0.3, 0.4) is 0 Å². The van der Waals surface area contributed by atoms with Gasteiger partial charge in [0.15, 0.2) is 0 Å². The van der Waals surface area contributed by atoms with Gasteiger partial charge in [0.25, 0.3) is 10.0 Å². The Hall–Kier alpha value is -2.31. The van der Waals surface area contributed by atoms with E-state index in [1.165, 1.54) is 26.2 Å². The standard InChI is InChI=1S/C17H20F3N3O4S2/c1-4-21-15-10-9-14(29(26,27)23(2)3)11-16(15)22-28(24,25)13-7-5-12(6-8-13)17(18,19)20/h5-11,21-22H,4H2,1-3H3. The SMILES string of the molecule is CCNc1ccc(S(=O)(=O)N(C)C)cc1NS(=O)(=O)c1ccc(C(F)(F)F)cc1. The summed E-state index contributed by atoms with van der Waals surface area (Å²) < 4.78 is 91.2. The minimum absolute atomic E-state index is 0.0466. The molecule has 0 saturated carbocycles. The third-order valence-corrected chi connectivity index (χ3v) is 7.07. The van der Waals surface area contributed by atoms with E-state index in [4.69, 9.17) is 0 Å². The minimum Gasteiger partial charge on any atom is -0.384 e. The Labute approximate surface area is 167 Å². The molecule has 0 aliphatic heterocycles. The highest BCUT2D eigenvalue weighted by Gasteiger charge is 2.31. The van der Waals surface area contributed by atoms with Gasteiger partial charge < -0.3 is 5.32 Å². The van der Waals surface area contributed by atoms with Crippen molar-refractivity contribution in [1.82, 2.24) is 4.31 Å². The number of alkyl halides is 3. The van der Waals surface area contributed by atoms with Gasteiger partial charge in [-0.3, -0.25) is 4.72 Å². The van der Waals surface area contributed by atoms with Crippen LogP contribution in [0.15, 0.2) is 52.3 Å². The third-order valence-electron chi connectivity index (χ3n) is 3.87. The van der Waals surface area contributed by atoms with E-state index < -0.39 is 36.7 Å². The Morgan fingerprint density at radius 1 is 0.897 bits per heavy atom. The van der Waals surface area contributed by atoms with Gasteiger partial charge in [-0.05, 0) is 49.4 Å². The van der Waals surface area contributed by atoms with Crippen LogP contribution in [0.25, 0.3) is 0 Å². The van der Waals surface area contributed by atoms with Crippen molar-refractivity contribution in [3.8, 4) is 0 Å². The summed E-state index contributed by atoms with van der Waals surface area (Å²) in [6, 6.07) is 6.86. The molecule has 0 atom stereocenters. The summed E-state index contributed by atoms with van der Waals surface area (Å²) in [6.07, 6.45) is -4.59. The molecule has 29 heavy (non-hydrogen) atoms. The molecular weight excluding hydrogens is 431 g/mol. The zero-order valence-corrected chi connectivity index (χ0v) is 17.4. The lowest BCUT2D eigenvalue weighted by molar-refractivity contribution is -0.137. The number of hydrogen-bond donors (Lipinski definition) is 2. The molecule has 0 spiro atoms. The van der Waals surface area contributed by atoms with Crippen LogP contribution in [0, 0.1) is 0 Å². The number of nitrogens with zero attached hydrogens (tertiary/aromatic N) is 1. The number of halogens is 3. The molecule has 0 amide bonds. The van der Waals surface area contributed by atoms with Crippen molar-refractivity contribution in [2.45, 2.75) is 22.9 Å². The van der Waals surface area contributed by atoms with Crippen molar-refractivity contribution in [3.63, 3.8) is 0 Å². The Morgan fingerprint density at radius 2 is 1.45 bits per heavy atom. The van der Waals surface area contributed by atoms with Gasteiger partial charge in [-0.15, -0.1) is 0 Å². The van der Waals surface area contributed by atoms with E-state index in [1.807, 2.05) is 0 Å². The molecule has 0 saturated heterocycles. The van der Waals surface area contributed by atoms with Crippen molar-refractivity contribution in [1.29, 1.82) is 0 Å². The van der Waals surface area contributed by atoms with E-state index in [2.05, 4.69) is 10.0 Å². The molecular formula is C17H20F3N3O4S2. The predicted octanol–water partition coefficient (Wildman–Crippen LogP) is 3.19. The summed E-state index contributed by atoms with van der Waals surface area (Å²) in [6.45, 7) is 2.19. The van der Waals surface area contributed by atoms with E-state index in [0.29, 0.717) is 24.4 Å². The average Bonchev–Trinajstić information content (AvgIpc) is 2.62. The first-order valence-electron chi connectivity index (χ1n) is 8.29. The molecule has 2 N–H and O–H groups in total. The van der Waals surface area contributed by atoms with Gasteiger partial charge in [-0.25, -0.2) is 21.1 Å². The average molecular weight is 451 g/mol. The zero-order valence-electron chi connectivity index (χ0n) is 15.8. The predicted molar refractivity (Wildman–Crippen MR) is 104 cm³/mol. The van der Waals surface area contributed by atoms with Crippen molar-refractivity contribution in [2.75, 3.05) is 30.7 Å². The highest BCUT2D eigenvalue weighted by molar-refractivity contribution is 7.92. The number of anilines is 2. The molecule has 7 nitrogen and oxygen atoms in total. The second-order valence-electron chi connectivity index (χ2n) is 6.15. The van der Waals surface area contributed by atoms with Crippen LogP contribution in [0.4, 0.5) is 24.5 Å². The van der Waals surface area contributed by atoms with Gasteiger partial charge in [-0.2, -0.15) is 13.2 Å². The van der Waals surface area contributed by atoms with Crippen LogP contribution < -0.4 is 10.0 Å². The van der Waals surface area contributed by atoms with Crippen molar-refractivity contribution in [3.05, 3.63) is 48.0 Å². The molecule has 0 radical (unpaired) electrons. The van der Waals surface area contributed by atoms with Crippen molar-refractivity contribution >= 4 is 31.4 Å². The first kappa shape index (κ1) is 23.0. The monoisotopic (exact) mass is 451 g/mol. The van der Waals surface area contributed by atoms with E-state index in [0.717, 1.165) is 22.5 Å². The van der Waals surface area contributed by atoms with E-state index in [1.54, 1.807) is 6.92 Å². The Kier molecular flexibility index (Phi) is 6.50. The van der Waals surface area contributed by atoms with Crippen LogP contribution in [0.2, 0.25) is 0 Å². The van der Waals surface area contributed by atoms with Crippen molar-refractivity contribution < 1.29 is 30.0 Å². The summed E-state index contributed by atoms with van der Waals surface area (Å²) >= 11 is 0. The van der Waals surface area contributed by atoms with E-state index >= 15 is 0 Å². The first-order chi connectivity index (χ1) is 13.3. The number of rotatable bonds is 7. The van der Waals surface area contributed by atoms with Crippen LogP contribution in [-0.2, 0) is 26.2 Å². The lowest BCUT2D eigenvalue weighted by atomic mass is 10.2. The van der Waals surface area contributed by atoms with Crippen LogP contribution in [0.5, 0.6) is 0 Å². The fourth-order valence-corrected chi connectivity index (χ4v) is 4.35. The Bertz CT molecular complexity index is 1080. The van der Waals surface area contributed by atoms with Gasteiger partial charge in [0.05, 0.1) is 26.7 Å². The molecule has 0 heterocycles. The molecule has 0 aromatic heterocycles. The van der Waals surface area contributed by atoms with Gasteiger partial charge in [0.2, 0.25) is 10.0 Å². The van der Waals surface area contributed by atoms with Crippen LogP contribution in [-0.4, -0.2) is 41.8 Å². The molecule has 2 rings (SSSR count). The summed E-state index contributed by atoms with van der Waals surface area (Å²) in [7, 11) is -5.43. The van der Waals surface area contributed by atoms with Gasteiger partial charge in [0.1, 0.15) is 0 Å². The summed E-state index contributed by atoms with van der Waals surface area (Å²) in [4.78, 5) is -0.539. The van der Waals surface area contributed by atoms with E-state index in [-0.39, 0.29) is 10.6 Å². The minimum atomic E-state index is -4.59. The highest BCUT2D eigenvalue weighted by Crippen LogP contribution is 2.31. The number of sulfonamides is 2. The van der Waals surface area contributed by atoms with Crippen molar-refractivity contribution in [2.24, 2.45) is 0 Å². The quantitative estimate of drug-likeness (QED) is 0.674. The molecule has 12 heteroatoms. The van der Waals surface area contributed by atoms with Crippen LogP contribution >= 0.6 is 0 Å². The maximum Gasteiger partial charge on any atom is 0.416 e. The Morgan fingerprint density at radius 3 is 1.93 bits per heavy atom. The largest absolute Gasteiger partial charge is 0.416 e. The zero-order chi connectivity index (χ0) is 22.0. The second-order valence-corrected chi connectivity index (χ2v) is 9.99. The molecule has 2 aromatic carbocycles. The molecule has 0 unspecified atom stereocenters. The number of nitrogens with one attached hydrogen (secondary N) is 2. The molecule has 0 fully saturated rings. The normalized spacial score (nSPS) is 12.8. The topological polar surface area (TPSA) is 95.6 Å². The number of hydrogen-bond acceptors (Lipinski definition) is 5. The fraction of sp³-hybridized carbons (Fsp3) is 0.294. The summed E-state index contributed by atoms with van der Waals surface area (Å²) in [5, 5.41) is 2.90. The molecule has 0 aliphatic rings. The molecule has 0 bridgehead atoms. The van der Waals surface area contributed by atoms with Gasteiger partial charge in [-0.1, -0.05) is 0 Å². The fourth-order valence-electron chi connectivity index (χ4n) is 2.35. The number of benzene rings is 2. The lowest BCUT2D eigenvalue weighted by Gasteiger charge is -2.17. The summed E-state index contributed by atoms with van der Waals surface area (Å²) in [5.74, 6) is 0.